The lowest BCUT2D eigenvalue weighted by molar-refractivity contribution is 0.0473. The van der Waals surface area contributed by atoms with E-state index in [1.807, 2.05) is 44.2 Å². The van der Waals surface area contributed by atoms with Crippen LogP contribution in [0.5, 0.6) is 0 Å². The van der Waals surface area contributed by atoms with Gasteiger partial charge in [-0.3, -0.25) is 0 Å². The molecule has 0 radical (unpaired) electrons. The molecule has 0 fully saturated rings. The van der Waals surface area contributed by atoms with E-state index in [0.717, 1.165) is 21.9 Å². The molecule has 0 amide bonds. The summed E-state index contributed by atoms with van der Waals surface area (Å²) in [4.78, 5) is 24.2. The van der Waals surface area contributed by atoms with Crippen LogP contribution in [0.4, 0.5) is 0 Å². The summed E-state index contributed by atoms with van der Waals surface area (Å²) in [5.41, 5.74) is 2.80. The van der Waals surface area contributed by atoms with Crippen LogP contribution >= 0.6 is 0 Å². The number of ether oxygens (including phenoxy) is 1. The first-order valence-electron chi connectivity index (χ1n) is 8.28. The van der Waals surface area contributed by atoms with Gasteiger partial charge in [0.1, 0.15) is 12.4 Å². The molecule has 0 spiro atoms. The predicted molar refractivity (Wildman–Crippen MR) is 96.9 cm³/mol. The molecule has 0 saturated carbocycles. The summed E-state index contributed by atoms with van der Waals surface area (Å²) >= 11 is 0. The fourth-order valence-corrected chi connectivity index (χ4v) is 2.86. The molecule has 0 saturated heterocycles. The fourth-order valence-electron chi connectivity index (χ4n) is 2.86. The van der Waals surface area contributed by atoms with Crippen molar-refractivity contribution in [2.45, 2.75) is 33.8 Å². The Kier molecular flexibility index (Phi) is 4.70. The molecule has 0 bridgehead atoms. The second-order valence-electron chi connectivity index (χ2n) is 6.10. The summed E-state index contributed by atoms with van der Waals surface area (Å²) in [6, 6.07) is 13.0. The van der Waals surface area contributed by atoms with Crippen molar-refractivity contribution in [1.29, 1.82) is 0 Å². The van der Waals surface area contributed by atoms with E-state index >= 15 is 0 Å². The Bertz CT molecular complexity index is 981. The lowest BCUT2D eigenvalue weighted by Gasteiger charge is -2.09. The summed E-state index contributed by atoms with van der Waals surface area (Å²) in [5, 5.41) is 1.77. The Balaban J connectivity index is 1.86. The van der Waals surface area contributed by atoms with Crippen LogP contribution in [0.25, 0.3) is 10.8 Å². The molecule has 128 valence electrons. The number of rotatable bonds is 4. The Labute approximate surface area is 146 Å². The van der Waals surface area contributed by atoms with Crippen LogP contribution in [0.2, 0.25) is 0 Å². The molecule has 25 heavy (non-hydrogen) atoms. The van der Waals surface area contributed by atoms with Crippen molar-refractivity contribution < 1.29 is 13.9 Å². The zero-order valence-corrected chi connectivity index (χ0v) is 14.6. The van der Waals surface area contributed by atoms with Crippen molar-refractivity contribution in [3.05, 3.63) is 80.9 Å². The Hall–Kier alpha value is -2.88. The second-order valence-corrected chi connectivity index (χ2v) is 6.10. The minimum atomic E-state index is -0.362. The number of aryl methyl sites for hydroxylation is 3. The van der Waals surface area contributed by atoms with E-state index in [0.29, 0.717) is 23.3 Å². The highest BCUT2D eigenvalue weighted by Gasteiger charge is 2.12. The standard InChI is InChI=1S/C21H20O4/c1-4-17-19-11-15(7-10-18(19)14(3)25-21(17)23)12-24-20(22)16-8-5-13(2)6-9-16/h5-11H,4,12H2,1-3H3. The van der Waals surface area contributed by atoms with Gasteiger partial charge in [0.15, 0.2) is 0 Å². The molecule has 1 heterocycles. The maximum Gasteiger partial charge on any atom is 0.339 e. The first kappa shape index (κ1) is 17.0. The lowest BCUT2D eigenvalue weighted by Crippen LogP contribution is -2.09. The first-order chi connectivity index (χ1) is 12.0. The van der Waals surface area contributed by atoms with E-state index < -0.39 is 0 Å². The van der Waals surface area contributed by atoms with Crippen molar-refractivity contribution in [2.24, 2.45) is 0 Å². The van der Waals surface area contributed by atoms with E-state index in [4.69, 9.17) is 9.15 Å². The second kappa shape index (κ2) is 6.93. The number of benzene rings is 2. The molecule has 0 aliphatic rings. The van der Waals surface area contributed by atoms with Crippen molar-refractivity contribution in [3.8, 4) is 0 Å². The SMILES string of the molecule is CCc1c(=O)oc(C)c2ccc(COC(=O)c3ccc(C)cc3)cc12. The van der Waals surface area contributed by atoms with Crippen LogP contribution < -0.4 is 5.63 Å². The smallest absolute Gasteiger partial charge is 0.339 e. The van der Waals surface area contributed by atoms with E-state index in [1.54, 1.807) is 19.1 Å². The van der Waals surface area contributed by atoms with Gasteiger partial charge in [-0.25, -0.2) is 9.59 Å². The lowest BCUT2D eigenvalue weighted by atomic mass is 10.0. The molecular weight excluding hydrogens is 316 g/mol. The van der Waals surface area contributed by atoms with Crippen molar-refractivity contribution in [3.63, 3.8) is 0 Å². The van der Waals surface area contributed by atoms with Gasteiger partial charge in [0.05, 0.1) is 5.56 Å². The third-order valence-corrected chi connectivity index (χ3v) is 4.29. The Morgan fingerprint density at radius 2 is 1.76 bits per heavy atom. The van der Waals surface area contributed by atoms with Crippen LogP contribution in [0.3, 0.4) is 0 Å². The van der Waals surface area contributed by atoms with Gasteiger partial charge < -0.3 is 9.15 Å². The quantitative estimate of drug-likeness (QED) is 0.666. The monoisotopic (exact) mass is 336 g/mol. The number of esters is 1. The molecule has 3 aromatic rings. The Morgan fingerprint density at radius 3 is 2.44 bits per heavy atom. The van der Waals surface area contributed by atoms with Gasteiger partial charge >= 0.3 is 11.6 Å². The van der Waals surface area contributed by atoms with E-state index in [2.05, 4.69) is 0 Å². The maximum atomic E-state index is 12.1. The minimum Gasteiger partial charge on any atom is -0.457 e. The first-order valence-corrected chi connectivity index (χ1v) is 8.28. The van der Waals surface area contributed by atoms with Crippen LogP contribution in [-0.2, 0) is 17.8 Å². The van der Waals surface area contributed by atoms with Gasteiger partial charge in [-0.2, -0.15) is 0 Å². The van der Waals surface area contributed by atoms with Crippen molar-refractivity contribution in [2.75, 3.05) is 0 Å². The summed E-state index contributed by atoms with van der Waals surface area (Å²) in [7, 11) is 0. The molecule has 0 unspecified atom stereocenters. The van der Waals surface area contributed by atoms with Crippen molar-refractivity contribution >= 4 is 16.7 Å². The molecule has 2 aromatic carbocycles. The van der Waals surface area contributed by atoms with Gasteiger partial charge in [-0.05, 0) is 49.4 Å². The third-order valence-electron chi connectivity index (χ3n) is 4.29. The topological polar surface area (TPSA) is 56.5 Å². The van der Waals surface area contributed by atoms with Gasteiger partial charge in [0.25, 0.3) is 0 Å². The van der Waals surface area contributed by atoms with Gasteiger partial charge in [-0.1, -0.05) is 36.8 Å². The number of fused-ring (bicyclic) bond motifs is 1. The Morgan fingerprint density at radius 1 is 1.04 bits per heavy atom. The van der Waals surface area contributed by atoms with Crippen LogP contribution in [0.15, 0.2) is 51.7 Å². The van der Waals surface area contributed by atoms with Crippen LogP contribution in [0.1, 0.15) is 39.7 Å². The number of hydrogen-bond acceptors (Lipinski definition) is 4. The van der Waals surface area contributed by atoms with E-state index in [-0.39, 0.29) is 18.2 Å². The van der Waals surface area contributed by atoms with E-state index in [1.165, 1.54) is 0 Å². The van der Waals surface area contributed by atoms with Gasteiger partial charge in [0.2, 0.25) is 0 Å². The van der Waals surface area contributed by atoms with Gasteiger partial charge in [-0.15, -0.1) is 0 Å². The number of carbonyl (C=O) groups is 1. The molecule has 0 aliphatic heterocycles. The van der Waals surface area contributed by atoms with Crippen LogP contribution in [0, 0.1) is 13.8 Å². The highest BCUT2D eigenvalue weighted by Crippen LogP contribution is 2.22. The average Bonchev–Trinajstić information content (AvgIpc) is 2.60. The predicted octanol–water partition coefficient (Wildman–Crippen LogP) is 4.33. The maximum absolute atomic E-state index is 12.1. The summed E-state index contributed by atoms with van der Waals surface area (Å²) < 4.78 is 10.7. The molecule has 0 N–H and O–H groups in total. The van der Waals surface area contributed by atoms with E-state index in [9.17, 15) is 9.59 Å². The zero-order valence-electron chi connectivity index (χ0n) is 14.6. The molecule has 0 atom stereocenters. The normalized spacial score (nSPS) is 10.8. The fraction of sp³-hybridized carbons (Fsp3) is 0.238. The molecular formula is C21H20O4. The molecule has 4 nitrogen and oxygen atoms in total. The summed E-state index contributed by atoms with van der Waals surface area (Å²) in [5.74, 6) is 0.236. The van der Waals surface area contributed by atoms with Crippen LogP contribution in [-0.4, -0.2) is 5.97 Å². The summed E-state index contributed by atoms with van der Waals surface area (Å²) in [6.07, 6.45) is 0.589. The molecule has 1 aromatic heterocycles. The zero-order chi connectivity index (χ0) is 18.0. The number of carbonyl (C=O) groups excluding carboxylic acids is 1. The number of hydrogen-bond donors (Lipinski definition) is 0. The van der Waals surface area contributed by atoms with Gasteiger partial charge in [0, 0.05) is 10.9 Å². The molecule has 3 rings (SSSR count). The minimum absolute atomic E-state index is 0.158. The highest BCUT2D eigenvalue weighted by molar-refractivity contribution is 5.90. The molecule has 4 heteroatoms. The third kappa shape index (κ3) is 3.48. The largest absolute Gasteiger partial charge is 0.457 e. The average molecular weight is 336 g/mol. The summed E-state index contributed by atoms with van der Waals surface area (Å²) in [6.45, 7) is 5.82. The van der Waals surface area contributed by atoms with Crippen molar-refractivity contribution in [1.82, 2.24) is 0 Å². The highest BCUT2D eigenvalue weighted by atomic mass is 16.5. The molecule has 0 aliphatic carbocycles.